The summed E-state index contributed by atoms with van der Waals surface area (Å²) in [7, 11) is 1.61. The van der Waals surface area contributed by atoms with Crippen LogP contribution in [0, 0.1) is 5.82 Å². The molecule has 8 heteroatoms. The van der Waals surface area contributed by atoms with Crippen molar-refractivity contribution in [1.29, 1.82) is 0 Å². The number of ether oxygens (including phenoxy) is 1. The van der Waals surface area contributed by atoms with E-state index in [0.717, 1.165) is 17.0 Å². The molecule has 0 aromatic heterocycles. The minimum absolute atomic E-state index is 0. The van der Waals surface area contributed by atoms with E-state index in [1.165, 1.54) is 6.07 Å². The van der Waals surface area contributed by atoms with Crippen LogP contribution in [-0.4, -0.2) is 37.4 Å². The van der Waals surface area contributed by atoms with Gasteiger partial charge in [0.25, 0.3) is 0 Å². The van der Waals surface area contributed by atoms with Crippen molar-refractivity contribution in [3.05, 3.63) is 53.8 Å². The van der Waals surface area contributed by atoms with Gasteiger partial charge in [-0.1, -0.05) is 6.07 Å². The number of guanidine groups is 1. The van der Waals surface area contributed by atoms with E-state index < -0.39 is 0 Å². The lowest BCUT2D eigenvalue weighted by Crippen LogP contribution is -2.36. The minimum atomic E-state index is -0.279. The van der Waals surface area contributed by atoms with Gasteiger partial charge in [0.2, 0.25) is 0 Å². The standard InChI is InChI=1S/C20H25FN4O2.HI/c1-27-17-5-3-15(4-6-17)24-20(22)23-13-14-2-7-19(18(21)12-14)25-10-8-16(26)9-11-25;/h2-7,12,16,26H,8-11,13H2,1H3,(H3,22,23,24);1H. The highest BCUT2D eigenvalue weighted by molar-refractivity contribution is 14.0. The molecule has 1 aliphatic rings. The summed E-state index contributed by atoms with van der Waals surface area (Å²) < 4.78 is 19.6. The number of nitrogens with zero attached hydrogens (tertiary/aromatic N) is 2. The molecule has 1 heterocycles. The zero-order chi connectivity index (χ0) is 19.2. The zero-order valence-corrected chi connectivity index (χ0v) is 18.1. The number of hydrogen-bond acceptors (Lipinski definition) is 4. The van der Waals surface area contributed by atoms with Crippen LogP contribution in [0.3, 0.4) is 0 Å². The summed E-state index contributed by atoms with van der Waals surface area (Å²) in [6, 6.07) is 12.4. The van der Waals surface area contributed by atoms with E-state index >= 15 is 0 Å². The molecule has 0 radical (unpaired) electrons. The van der Waals surface area contributed by atoms with E-state index in [4.69, 9.17) is 10.5 Å². The molecule has 2 aromatic carbocycles. The maximum Gasteiger partial charge on any atom is 0.193 e. The van der Waals surface area contributed by atoms with E-state index in [1.54, 1.807) is 13.2 Å². The predicted octanol–water partition coefficient (Wildman–Crippen LogP) is 3.34. The third-order valence-electron chi connectivity index (χ3n) is 4.61. The van der Waals surface area contributed by atoms with Gasteiger partial charge < -0.3 is 25.8 Å². The van der Waals surface area contributed by atoms with E-state index in [1.807, 2.05) is 35.2 Å². The Morgan fingerprint density at radius 2 is 1.93 bits per heavy atom. The first-order valence-corrected chi connectivity index (χ1v) is 8.97. The molecule has 1 aliphatic heterocycles. The van der Waals surface area contributed by atoms with Crippen molar-refractivity contribution in [1.82, 2.24) is 0 Å². The Morgan fingerprint density at radius 1 is 1.25 bits per heavy atom. The van der Waals surface area contributed by atoms with Crippen LogP contribution in [0.2, 0.25) is 0 Å². The van der Waals surface area contributed by atoms with Gasteiger partial charge in [-0.15, -0.1) is 24.0 Å². The Morgan fingerprint density at radius 3 is 2.54 bits per heavy atom. The molecule has 152 valence electrons. The third kappa shape index (κ3) is 5.96. The van der Waals surface area contributed by atoms with Crippen LogP contribution >= 0.6 is 24.0 Å². The maximum absolute atomic E-state index is 14.5. The molecule has 0 amide bonds. The number of methoxy groups -OCH3 is 1. The highest BCUT2D eigenvalue weighted by Crippen LogP contribution is 2.24. The molecule has 2 aromatic rings. The molecule has 0 aliphatic carbocycles. The first kappa shape index (κ1) is 22.2. The van der Waals surface area contributed by atoms with Gasteiger partial charge in [-0.3, -0.25) is 0 Å². The highest BCUT2D eigenvalue weighted by Gasteiger charge is 2.19. The first-order valence-electron chi connectivity index (χ1n) is 8.97. The Bertz CT molecular complexity index is 793. The molecular formula is C20H26FIN4O2. The highest BCUT2D eigenvalue weighted by atomic mass is 127. The van der Waals surface area contributed by atoms with Gasteiger partial charge in [0.15, 0.2) is 5.96 Å². The van der Waals surface area contributed by atoms with Crippen molar-refractivity contribution >= 4 is 41.3 Å². The summed E-state index contributed by atoms with van der Waals surface area (Å²) in [5.74, 6) is 0.741. The van der Waals surface area contributed by atoms with E-state index in [2.05, 4.69) is 10.3 Å². The number of aliphatic hydroxyl groups is 1. The molecule has 28 heavy (non-hydrogen) atoms. The normalized spacial score (nSPS) is 15.1. The van der Waals surface area contributed by atoms with Crippen LogP contribution in [0.25, 0.3) is 0 Å². The molecule has 0 bridgehead atoms. The largest absolute Gasteiger partial charge is 0.497 e. The number of aliphatic imine (C=N–C) groups is 1. The van der Waals surface area contributed by atoms with E-state index in [0.29, 0.717) is 31.6 Å². The minimum Gasteiger partial charge on any atom is -0.497 e. The summed E-state index contributed by atoms with van der Waals surface area (Å²) >= 11 is 0. The second kappa shape index (κ2) is 10.5. The molecule has 0 spiro atoms. The molecule has 1 fully saturated rings. The molecule has 0 unspecified atom stereocenters. The molecule has 4 N–H and O–H groups in total. The number of benzene rings is 2. The lowest BCUT2D eigenvalue weighted by molar-refractivity contribution is 0.145. The monoisotopic (exact) mass is 500 g/mol. The number of nitrogens with one attached hydrogen (secondary N) is 1. The lowest BCUT2D eigenvalue weighted by atomic mass is 10.1. The average Bonchev–Trinajstić information content (AvgIpc) is 2.68. The van der Waals surface area contributed by atoms with Crippen molar-refractivity contribution in [3.63, 3.8) is 0 Å². The van der Waals surface area contributed by atoms with Gasteiger partial charge in [0.05, 0.1) is 25.4 Å². The fraction of sp³-hybridized carbons (Fsp3) is 0.350. The first-order chi connectivity index (χ1) is 13.0. The number of rotatable bonds is 5. The number of hydrogen-bond donors (Lipinski definition) is 3. The summed E-state index contributed by atoms with van der Waals surface area (Å²) in [6.45, 7) is 1.60. The van der Waals surface area contributed by atoms with Crippen molar-refractivity contribution in [2.24, 2.45) is 10.7 Å². The average molecular weight is 500 g/mol. The fourth-order valence-corrected chi connectivity index (χ4v) is 3.05. The second-order valence-electron chi connectivity index (χ2n) is 6.56. The quantitative estimate of drug-likeness (QED) is 0.334. The molecule has 0 saturated carbocycles. The van der Waals surface area contributed by atoms with Crippen molar-refractivity contribution in [2.45, 2.75) is 25.5 Å². The zero-order valence-electron chi connectivity index (χ0n) is 15.8. The van der Waals surface area contributed by atoms with Crippen LogP contribution in [0.5, 0.6) is 5.75 Å². The Labute approximate surface area is 181 Å². The summed E-state index contributed by atoms with van der Waals surface area (Å²) in [4.78, 5) is 6.23. The third-order valence-corrected chi connectivity index (χ3v) is 4.61. The van der Waals surface area contributed by atoms with Crippen molar-refractivity contribution in [3.8, 4) is 5.75 Å². The SMILES string of the molecule is COc1ccc(NC(N)=NCc2ccc(N3CCC(O)CC3)c(F)c2)cc1.I. The summed E-state index contributed by atoms with van der Waals surface area (Å²) in [6.07, 6.45) is 1.05. The smallest absolute Gasteiger partial charge is 0.193 e. The maximum atomic E-state index is 14.5. The van der Waals surface area contributed by atoms with Gasteiger partial charge in [0, 0.05) is 18.8 Å². The summed E-state index contributed by atoms with van der Waals surface area (Å²) in [5.41, 5.74) is 8.01. The number of anilines is 2. The van der Waals surface area contributed by atoms with Crippen molar-refractivity contribution < 1.29 is 14.2 Å². The lowest BCUT2D eigenvalue weighted by Gasteiger charge is -2.31. The number of nitrogens with two attached hydrogens (primary N) is 1. The van der Waals surface area contributed by atoms with Gasteiger partial charge in [-0.25, -0.2) is 9.38 Å². The topological polar surface area (TPSA) is 83.1 Å². The Kier molecular flexibility index (Phi) is 8.31. The van der Waals surface area contributed by atoms with Crippen LogP contribution in [0.4, 0.5) is 15.8 Å². The van der Waals surface area contributed by atoms with Crippen LogP contribution in [0.1, 0.15) is 18.4 Å². The number of aliphatic hydroxyl groups excluding tert-OH is 1. The molecule has 0 atom stereocenters. The van der Waals surface area contributed by atoms with E-state index in [9.17, 15) is 9.50 Å². The van der Waals surface area contributed by atoms with Gasteiger partial charge >= 0.3 is 0 Å². The van der Waals surface area contributed by atoms with Crippen LogP contribution < -0.4 is 20.7 Å². The van der Waals surface area contributed by atoms with Crippen LogP contribution in [0.15, 0.2) is 47.5 Å². The molecular weight excluding hydrogens is 474 g/mol. The van der Waals surface area contributed by atoms with Gasteiger partial charge in [-0.2, -0.15) is 0 Å². The molecule has 1 saturated heterocycles. The van der Waals surface area contributed by atoms with Crippen LogP contribution in [-0.2, 0) is 6.54 Å². The summed E-state index contributed by atoms with van der Waals surface area (Å²) in [5, 5.41) is 12.6. The molecule has 3 rings (SSSR count). The fourth-order valence-electron chi connectivity index (χ4n) is 3.05. The number of halogens is 2. The van der Waals surface area contributed by atoms with Gasteiger partial charge in [0.1, 0.15) is 11.6 Å². The second-order valence-corrected chi connectivity index (χ2v) is 6.56. The predicted molar refractivity (Wildman–Crippen MR) is 121 cm³/mol. The van der Waals surface area contributed by atoms with E-state index in [-0.39, 0.29) is 48.4 Å². The molecule has 6 nitrogen and oxygen atoms in total. The van der Waals surface area contributed by atoms with Gasteiger partial charge in [-0.05, 0) is 54.8 Å². The Hall–Kier alpha value is -2.07. The van der Waals surface area contributed by atoms with Crippen molar-refractivity contribution in [2.75, 3.05) is 30.4 Å². The Balaban J connectivity index is 0.00000280. The number of piperidine rings is 1.